The lowest BCUT2D eigenvalue weighted by atomic mass is 10.0. The first-order valence-electron chi connectivity index (χ1n) is 7.36. The van der Waals surface area contributed by atoms with Gasteiger partial charge in [-0.05, 0) is 31.4 Å². The summed E-state index contributed by atoms with van der Waals surface area (Å²) in [5, 5.41) is 0. The van der Waals surface area contributed by atoms with Crippen molar-refractivity contribution in [2.75, 3.05) is 13.1 Å². The molecule has 1 aromatic carbocycles. The number of rotatable bonds is 4. The highest BCUT2D eigenvalue weighted by molar-refractivity contribution is 5.18. The minimum absolute atomic E-state index is 0.151. The fraction of sp³-hybridized carbons (Fsp3) is 0.625. The number of nitrogens with zero attached hydrogens (tertiary/aromatic N) is 1. The predicted octanol–water partition coefficient (Wildman–Crippen LogP) is 3.34. The maximum Gasteiger partial charge on any atom is 0.0424 e. The first kappa shape index (κ1) is 13.6. The summed E-state index contributed by atoms with van der Waals surface area (Å²) in [4.78, 5) is 2.62. The Hall–Kier alpha value is -0.860. The van der Waals surface area contributed by atoms with Crippen molar-refractivity contribution < 1.29 is 0 Å². The molecule has 2 N–H and O–H groups in total. The Bertz CT molecular complexity index is 336. The summed E-state index contributed by atoms with van der Waals surface area (Å²) in [6, 6.07) is 11.4. The zero-order valence-electron chi connectivity index (χ0n) is 11.5. The Kier molecular flexibility index (Phi) is 5.21. The Morgan fingerprint density at radius 1 is 1.22 bits per heavy atom. The van der Waals surface area contributed by atoms with E-state index in [-0.39, 0.29) is 6.04 Å². The van der Waals surface area contributed by atoms with E-state index in [9.17, 15) is 0 Å². The second-order valence-electron chi connectivity index (χ2n) is 5.42. The lowest BCUT2D eigenvalue weighted by Crippen LogP contribution is -2.39. The molecule has 2 atom stereocenters. The molecule has 100 valence electrons. The molecule has 1 fully saturated rings. The van der Waals surface area contributed by atoms with Crippen molar-refractivity contribution in [2.24, 2.45) is 5.73 Å². The van der Waals surface area contributed by atoms with Gasteiger partial charge in [0.25, 0.3) is 0 Å². The zero-order valence-corrected chi connectivity index (χ0v) is 11.5. The van der Waals surface area contributed by atoms with E-state index in [4.69, 9.17) is 5.73 Å². The zero-order chi connectivity index (χ0) is 12.8. The molecular formula is C16H26N2. The van der Waals surface area contributed by atoms with Gasteiger partial charge in [-0.2, -0.15) is 0 Å². The van der Waals surface area contributed by atoms with E-state index in [1.807, 2.05) is 0 Å². The summed E-state index contributed by atoms with van der Waals surface area (Å²) < 4.78 is 0. The van der Waals surface area contributed by atoms with Crippen LogP contribution in [0.4, 0.5) is 0 Å². The molecule has 2 heteroatoms. The van der Waals surface area contributed by atoms with Gasteiger partial charge in [0, 0.05) is 18.6 Å². The molecule has 1 aliphatic heterocycles. The highest BCUT2D eigenvalue weighted by Gasteiger charge is 2.21. The van der Waals surface area contributed by atoms with Crippen LogP contribution in [0.3, 0.4) is 0 Å². The van der Waals surface area contributed by atoms with Gasteiger partial charge in [-0.1, -0.05) is 50.1 Å². The Morgan fingerprint density at radius 2 is 2.00 bits per heavy atom. The molecule has 18 heavy (non-hydrogen) atoms. The number of likely N-dealkylation sites (tertiary alicyclic amines) is 1. The maximum absolute atomic E-state index is 6.35. The van der Waals surface area contributed by atoms with Gasteiger partial charge in [0.1, 0.15) is 0 Å². The molecule has 2 unspecified atom stereocenters. The molecule has 2 rings (SSSR count). The Morgan fingerprint density at radius 3 is 2.72 bits per heavy atom. The molecule has 1 saturated heterocycles. The van der Waals surface area contributed by atoms with Crippen LogP contribution in [0.2, 0.25) is 0 Å². The third-order valence-corrected chi connectivity index (χ3v) is 4.13. The number of nitrogens with two attached hydrogens (primary N) is 1. The standard InChI is InChI=1S/C16H26N2/c1-2-15-11-7-4-8-12-18(15)13-16(17)14-9-5-3-6-10-14/h3,5-6,9-10,15-16H,2,4,7-8,11-13,17H2,1H3. The third-order valence-electron chi connectivity index (χ3n) is 4.13. The molecule has 1 heterocycles. The van der Waals surface area contributed by atoms with Gasteiger partial charge in [0.15, 0.2) is 0 Å². The van der Waals surface area contributed by atoms with E-state index in [2.05, 4.69) is 42.2 Å². The van der Waals surface area contributed by atoms with Gasteiger partial charge < -0.3 is 5.73 Å². The maximum atomic E-state index is 6.35. The van der Waals surface area contributed by atoms with Crippen molar-refractivity contribution >= 4 is 0 Å². The van der Waals surface area contributed by atoms with Crippen LogP contribution < -0.4 is 5.73 Å². The van der Waals surface area contributed by atoms with Crippen molar-refractivity contribution in [2.45, 2.75) is 51.1 Å². The summed E-state index contributed by atoms with van der Waals surface area (Å²) in [5.74, 6) is 0. The molecule has 1 aliphatic rings. The van der Waals surface area contributed by atoms with E-state index >= 15 is 0 Å². The van der Waals surface area contributed by atoms with Crippen LogP contribution in [-0.4, -0.2) is 24.0 Å². The van der Waals surface area contributed by atoms with E-state index in [0.29, 0.717) is 0 Å². The van der Waals surface area contributed by atoms with Crippen molar-refractivity contribution in [3.8, 4) is 0 Å². The molecular weight excluding hydrogens is 220 g/mol. The topological polar surface area (TPSA) is 29.3 Å². The van der Waals surface area contributed by atoms with Crippen molar-refractivity contribution in [3.63, 3.8) is 0 Å². The molecule has 0 radical (unpaired) electrons. The normalized spacial score (nSPS) is 23.6. The summed E-state index contributed by atoms with van der Waals surface area (Å²) in [6.45, 7) is 4.53. The predicted molar refractivity (Wildman–Crippen MR) is 77.5 cm³/mol. The van der Waals surface area contributed by atoms with Crippen molar-refractivity contribution in [1.82, 2.24) is 4.90 Å². The van der Waals surface area contributed by atoms with Gasteiger partial charge in [0.2, 0.25) is 0 Å². The molecule has 0 saturated carbocycles. The van der Waals surface area contributed by atoms with E-state index in [1.165, 1.54) is 44.2 Å². The summed E-state index contributed by atoms with van der Waals surface area (Å²) in [6.07, 6.45) is 6.70. The lowest BCUT2D eigenvalue weighted by Gasteiger charge is -2.31. The molecule has 0 aromatic heterocycles. The fourth-order valence-corrected chi connectivity index (χ4v) is 3.00. The first-order valence-corrected chi connectivity index (χ1v) is 7.36. The average Bonchev–Trinajstić information content (AvgIpc) is 2.64. The van der Waals surface area contributed by atoms with Gasteiger partial charge in [-0.25, -0.2) is 0 Å². The molecule has 1 aromatic rings. The molecule has 0 aliphatic carbocycles. The lowest BCUT2D eigenvalue weighted by molar-refractivity contribution is 0.183. The summed E-state index contributed by atoms with van der Waals surface area (Å²) >= 11 is 0. The number of hydrogen-bond donors (Lipinski definition) is 1. The Labute approximate surface area is 111 Å². The minimum atomic E-state index is 0.151. The Balaban J connectivity index is 1.98. The fourth-order valence-electron chi connectivity index (χ4n) is 3.00. The second kappa shape index (κ2) is 6.91. The highest BCUT2D eigenvalue weighted by Crippen LogP contribution is 2.21. The van der Waals surface area contributed by atoms with Crippen molar-refractivity contribution in [1.29, 1.82) is 0 Å². The molecule has 0 amide bonds. The van der Waals surface area contributed by atoms with Gasteiger partial charge in [-0.3, -0.25) is 4.90 Å². The molecule has 0 spiro atoms. The number of hydrogen-bond acceptors (Lipinski definition) is 2. The van der Waals surface area contributed by atoms with Crippen LogP contribution in [0.1, 0.15) is 50.6 Å². The van der Waals surface area contributed by atoms with Crippen molar-refractivity contribution in [3.05, 3.63) is 35.9 Å². The minimum Gasteiger partial charge on any atom is -0.323 e. The monoisotopic (exact) mass is 246 g/mol. The van der Waals surface area contributed by atoms with Gasteiger partial charge in [-0.15, -0.1) is 0 Å². The SMILES string of the molecule is CCC1CCCCCN1CC(N)c1ccccc1. The smallest absolute Gasteiger partial charge is 0.0424 e. The number of benzene rings is 1. The van der Waals surface area contributed by atoms with Crippen LogP contribution in [0.5, 0.6) is 0 Å². The van der Waals surface area contributed by atoms with Crippen LogP contribution in [0.15, 0.2) is 30.3 Å². The van der Waals surface area contributed by atoms with Gasteiger partial charge in [0.05, 0.1) is 0 Å². The quantitative estimate of drug-likeness (QED) is 0.883. The van der Waals surface area contributed by atoms with Crippen LogP contribution >= 0.6 is 0 Å². The van der Waals surface area contributed by atoms with Crippen LogP contribution in [0.25, 0.3) is 0 Å². The van der Waals surface area contributed by atoms with Gasteiger partial charge >= 0.3 is 0 Å². The molecule has 2 nitrogen and oxygen atoms in total. The van der Waals surface area contributed by atoms with E-state index < -0.39 is 0 Å². The van der Waals surface area contributed by atoms with E-state index in [1.54, 1.807) is 0 Å². The summed E-state index contributed by atoms with van der Waals surface area (Å²) in [5.41, 5.74) is 7.61. The van der Waals surface area contributed by atoms with Crippen LogP contribution in [-0.2, 0) is 0 Å². The highest BCUT2D eigenvalue weighted by atomic mass is 15.2. The van der Waals surface area contributed by atoms with Crippen LogP contribution in [0, 0.1) is 0 Å². The average molecular weight is 246 g/mol. The second-order valence-corrected chi connectivity index (χ2v) is 5.42. The third kappa shape index (κ3) is 3.56. The molecule has 0 bridgehead atoms. The first-order chi connectivity index (χ1) is 8.81. The largest absolute Gasteiger partial charge is 0.323 e. The van der Waals surface area contributed by atoms with E-state index in [0.717, 1.165) is 12.6 Å². The summed E-state index contributed by atoms with van der Waals surface area (Å²) in [7, 11) is 0.